The zero-order valence-corrected chi connectivity index (χ0v) is 12.0. The zero-order chi connectivity index (χ0) is 13.9. The minimum atomic E-state index is 0.421. The number of pyridine rings is 1. The number of hydrogen-bond acceptors (Lipinski definition) is 4. The van der Waals surface area contributed by atoms with Gasteiger partial charge in [-0.3, -0.25) is 0 Å². The molecular weight excluding hydrogens is 268 g/mol. The number of nitrogens with zero attached hydrogens (tertiary/aromatic N) is 2. The molecular formula is C16H14N2OS. The van der Waals surface area contributed by atoms with Crippen LogP contribution in [-0.2, 0) is 12.8 Å². The molecule has 0 spiro atoms. The second-order valence-corrected chi connectivity index (χ2v) is 5.57. The number of hydrogen-bond donors (Lipinski definition) is 0. The molecule has 1 aromatic heterocycles. The molecule has 2 aromatic rings. The van der Waals surface area contributed by atoms with Gasteiger partial charge in [0, 0.05) is 10.6 Å². The number of ether oxygens (including phenoxy) is 1. The smallest absolute Gasteiger partial charge is 0.237 e. The molecule has 0 atom stereocenters. The SMILES string of the molecule is CSc1ccc(Oc2nc3c(cc2C#N)CCC3)cc1. The molecule has 0 amide bonds. The number of aryl methyl sites for hydroxylation is 2. The number of benzene rings is 1. The van der Waals surface area contributed by atoms with Crippen LogP contribution in [0.25, 0.3) is 0 Å². The van der Waals surface area contributed by atoms with E-state index in [1.807, 2.05) is 36.6 Å². The van der Waals surface area contributed by atoms with Gasteiger partial charge in [-0.05, 0) is 61.4 Å². The minimum Gasteiger partial charge on any atom is -0.438 e. The summed E-state index contributed by atoms with van der Waals surface area (Å²) in [5.74, 6) is 1.13. The summed E-state index contributed by atoms with van der Waals surface area (Å²) in [5, 5.41) is 9.24. The maximum Gasteiger partial charge on any atom is 0.237 e. The van der Waals surface area contributed by atoms with E-state index < -0.39 is 0 Å². The third kappa shape index (κ3) is 2.50. The largest absolute Gasteiger partial charge is 0.438 e. The molecule has 0 N–H and O–H groups in total. The zero-order valence-electron chi connectivity index (χ0n) is 11.2. The summed E-state index contributed by atoms with van der Waals surface area (Å²) >= 11 is 1.68. The fourth-order valence-corrected chi connectivity index (χ4v) is 2.77. The van der Waals surface area contributed by atoms with Crippen molar-refractivity contribution in [2.45, 2.75) is 24.2 Å². The predicted molar refractivity (Wildman–Crippen MR) is 79.3 cm³/mol. The van der Waals surface area contributed by atoms with E-state index in [0.717, 1.165) is 25.0 Å². The van der Waals surface area contributed by atoms with E-state index in [4.69, 9.17) is 4.74 Å². The third-order valence-corrected chi connectivity index (χ3v) is 4.15. The van der Waals surface area contributed by atoms with Gasteiger partial charge in [0.05, 0.1) is 0 Å². The highest BCUT2D eigenvalue weighted by molar-refractivity contribution is 7.98. The van der Waals surface area contributed by atoms with Crippen LogP contribution in [0.3, 0.4) is 0 Å². The van der Waals surface area contributed by atoms with Gasteiger partial charge in [0.1, 0.15) is 17.4 Å². The predicted octanol–water partition coefficient (Wildman–Crippen LogP) is 3.96. The normalized spacial score (nSPS) is 12.8. The first-order chi connectivity index (χ1) is 9.80. The summed E-state index contributed by atoms with van der Waals surface area (Å²) in [5.41, 5.74) is 2.77. The first kappa shape index (κ1) is 13.0. The Morgan fingerprint density at radius 2 is 2.05 bits per heavy atom. The molecule has 0 bridgehead atoms. The standard InChI is InChI=1S/C16H14N2OS/c1-20-14-7-5-13(6-8-14)19-16-12(10-17)9-11-3-2-4-15(11)18-16/h5-9H,2-4H2,1H3. The van der Waals surface area contributed by atoms with E-state index in [2.05, 4.69) is 11.1 Å². The summed E-state index contributed by atoms with van der Waals surface area (Å²) in [6.07, 6.45) is 5.13. The average Bonchev–Trinajstić information content (AvgIpc) is 2.94. The lowest BCUT2D eigenvalue weighted by molar-refractivity contribution is 0.459. The van der Waals surface area contributed by atoms with Crippen molar-refractivity contribution in [1.82, 2.24) is 4.98 Å². The van der Waals surface area contributed by atoms with Gasteiger partial charge in [-0.25, -0.2) is 4.98 Å². The quantitative estimate of drug-likeness (QED) is 0.799. The van der Waals surface area contributed by atoms with Crippen molar-refractivity contribution >= 4 is 11.8 Å². The fourth-order valence-electron chi connectivity index (χ4n) is 2.37. The van der Waals surface area contributed by atoms with Crippen LogP contribution < -0.4 is 4.74 Å². The maximum absolute atomic E-state index is 9.24. The Morgan fingerprint density at radius 1 is 1.25 bits per heavy atom. The van der Waals surface area contributed by atoms with E-state index >= 15 is 0 Å². The molecule has 1 heterocycles. The Kier molecular flexibility index (Phi) is 3.62. The highest BCUT2D eigenvalue weighted by Crippen LogP contribution is 2.29. The average molecular weight is 282 g/mol. The summed E-state index contributed by atoms with van der Waals surface area (Å²) in [6, 6.07) is 11.9. The number of aromatic nitrogens is 1. The summed E-state index contributed by atoms with van der Waals surface area (Å²) in [7, 11) is 0. The van der Waals surface area contributed by atoms with E-state index in [9.17, 15) is 5.26 Å². The van der Waals surface area contributed by atoms with Gasteiger partial charge in [-0.15, -0.1) is 11.8 Å². The van der Waals surface area contributed by atoms with Crippen LogP contribution in [0.1, 0.15) is 23.2 Å². The van der Waals surface area contributed by atoms with Crippen LogP contribution in [0.5, 0.6) is 11.6 Å². The molecule has 1 aliphatic carbocycles. The van der Waals surface area contributed by atoms with Crippen molar-refractivity contribution in [2.24, 2.45) is 0 Å². The van der Waals surface area contributed by atoms with E-state index in [1.54, 1.807) is 11.8 Å². The van der Waals surface area contributed by atoms with Crippen LogP contribution in [0, 0.1) is 11.3 Å². The lowest BCUT2D eigenvalue weighted by Gasteiger charge is -2.09. The number of nitriles is 1. The van der Waals surface area contributed by atoms with Gasteiger partial charge in [-0.2, -0.15) is 5.26 Å². The van der Waals surface area contributed by atoms with Gasteiger partial charge in [0.2, 0.25) is 5.88 Å². The molecule has 0 fully saturated rings. The Balaban J connectivity index is 1.91. The van der Waals surface area contributed by atoms with Crippen molar-refractivity contribution in [3.8, 4) is 17.7 Å². The van der Waals surface area contributed by atoms with Crippen LogP contribution in [0.2, 0.25) is 0 Å². The van der Waals surface area contributed by atoms with Crippen molar-refractivity contribution in [2.75, 3.05) is 6.26 Å². The maximum atomic E-state index is 9.24. The third-order valence-electron chi connectivity index (χ3n) is 3.41. The first-order valence-corrected chi connectivity index (χ1v) is 7.77. The Labute approximate surface area is 122 Å². The number of fused-ring (bicyclic) bond motifs is 1. The minimum absolute atomic E-state index is 0.421. The molecule has 0 saturated carbocycles. The number of rotatable bonds is 3. The lowest BCUT2D eigenvalue weighted by Crippen LogP contribution is -1.97. The van der Waals surface area contributed by atoms with Crippen molar-refractivity contribution in [3.05, 3.63) is 47.2 Å². The van der Waals surface area contributed by atoms with Crippen LogP contribution in [-0.4, -0.2) is 11.2 Å². The van der Waals surface area contributed by atoms with E-state index in [1.165, 1.54) is 10.5 Å². The second kappa shape index (κ2) is 5.56. The fraction of sp³-hybridized carbons (Fsp3) is 0.250. The summed E-state index contributed by atoms with van der Waals surface area (Å²) in [6.45, 7) is 0. The second-order valence-electron chi connectivity index (χ2n) is 4.69. The monoisotopic (exact) mass is 282 g/mol. The van der Waals surface area contributed by atoms with Crippen molar-refractivity contribution in [3.63, 3.8) is 0 Å². The number of thioether (sulfide) groups is 1. The molecule has 3 nitrogen and oxygen atoms in total. The van der Waals surface area contributed by atoms with Gasteiger partial charge < -0.3 is 4.74 Å². The van der Waals surface area contributed by atoms with Gasteiger partial charge in [0.15, 0.2) is 0 Å². The topological polar surface area (TPSA) is 45.9 Å². The summed E-state index contributed by atoms with van der Waals surface area (Å²) < 4.78 is 5.78. The molecule has 1 aliphatic rings. The van der Waals surface area contributed by atoms with E-state index in [-0.39, 0.29) is 0 Å². The van der Waals surface area contributed by atoms with Gasteiger partial charge in [0.25, 0.3) is 0 Å². The molecule has 0 aliphatic heterocycles. The van der Waals surface area contributed by atoms with Crippen LogP contribution in [0.15, 0.2) is 35.2 Å². The molecule has 100 valence electrons. The molecule has 20 heavy (non-hydrogen) atoms. The Morgan fingerprint density at radius 3 is 2.75 bits per heavy atom. The molecule has 0 saturated heterocycles. The van der Waals surface area contributed by atoms with Crippen LogP contribution >= 0.6 is 11.8 Å². The molecule has 4 heteroatoms. The lowest BCUT2D eigenvalue weighted by atomic mass is 10.1. The van der Waals surface area contributed by atoms with Gasteiger partial charge in [-0.1, -0.05) is 0 Å². The molecule has 0 radical (unpaired) electrons. The van der Waals surface area contributed by atoms with Crippen molar-refractivity contribution < 1.29 is 4.74 Å². The Bertz CT molecular complexity index is 674. The van der Waals surface area contributed by atoms with Gasteiger partial charge >= 0.3 is 0 Å². The highest BCUT2D eigenvalue weighted by Gasteiger charge is 2.17. The van der Waals surface area contributed by atoms with E-state index in [0.29, 0.717) is 17.2 Å². The highest BCUT2D eigenvalue weighted by atomic mass is 32.2. The first-order valence-electron chi connectivity index (χ1n) is 6.55. The molecule has 0 unspecified atom stereocenters. The van der Waals surface area contributed by atoms with Crippen molar-refractivity contribution in [1.29, 1.82) is 5.26 Å². The summed E-state index contributed by atoms with van der Waals surface area (Å²) in [4.78, 5) is 5.69. The molecule has 1 aromatic carbocycles. The molecule has 3 rings (SSSR count). The Hall–Kier alpha value is -1.99. The van der Waals surface area contributed by atoms with Crippen LogP contribution in [0.4, 0.5) is 0 Å².